The maximum Gasteiger partial charge on any atom is 0.184 e. The van der Waals surface area contributed by atoms with Gasteiger partial charge < -0.3 is 0 Å². The number of aromatic nitrogens is 1. The van der Waals surface area contributed by atoms with Crippen LogP contribution in [0.2, 0.25) is 0 Å². The minimum Gasteiger partial charge on any atom is -0.244 e. The topological polar surface area (TPSA) is 70.8 Å². The number of sulfone groups is 1. The normalized spacial score (nSPS) is 11.2. The Labute approximate surface area is 122 Å². The number of aryl methyl sites for hydroxylation is 2. The van der Waals surface area contributed by atoms with E-state index >= 15 is 0 Å². The van der Waals surface area contributed by atoms with Gasteiger partial charge in [0.05, 0.1) is 10.6 Å². The summed E-state index contributed by atoms with van der Waals surface area (Å²) in [4.78, 5) is 5.03. The fourth-order valence-corrected chi connectivity index (χ4v) is 4.33. The summed E-state index contributed by atoms with van der Waals surface area (Å²) in [6.07, 6.45) is 0.629. The fourth-order valence-electron chi connectivity index (χ4n) is 1.78. The van der Waals surface area contributed by atoms with Crippen LogP contribution >= 0.6 is 11.3 Å². The highest BCUT2D eigenvalue weighted by atomic mass is 32.2. The van der Waals surface area contributed by atoms with Crippen molar-refractivity contribution < 1.29 is 8.42 Å². The number of thiazole rings is 1. The predicted molar refractivity (Wildman–Crippen MR) is 78.3 cm³/mol. The Morgan fingerprint density at radius 3 is 2.45 bits per heavy atom. The first-order valence-corrected chi connectivity index (χ1v) is 8.61. The lowest BCUT2D eigenvalue weighted by molar-refractivity contribution is 0.595. The third kappa shape index (κ3) is 3.06. The number of hydrogen-bond acceptors (Lipinski definition) is 5. The van der Waals surface area contributed by atoms with E-state index < -0.39 is 9.84 Å². The van der Waals surface area contributed by atoms with E-state index in [1.54, 1.807) is 24.3 Å². The first kappa shape index (κ1) is 14.7. The molecule has 0 fully saturated rings. The monoisotopic (exact) mass is 306 g/mol. The van der Waals surface area contributed by atoms with Crippen molar-refractivity contribution in [3.8, 4) is 6.07 Å². The molecule has 0 aliphatic heterocycles. The van der Waals surface area contributed by atoms with Gasteiger partial charge in [-0.1, -0.05) is 24.6 Å². The van der Waals surface area contributed by atoms with E-state index in [2.05, 4.69) is 11.1 Å². The fraction of sp³-hybridized carbons (Fsp3) is 0.286. The molecule has 0 aliphatic rings. The molecule has 4 nitrogen and oxygen atoms in total. The van der Waals surface area contributed by atoms with Gasteiger partial charge in [0.15, 0.2) is 9.84 Å². The third-order valence-electron chi connectivity index (χ3n) is 2.87. The van der Waals surface area contributed by atoms with E-state index in [0.717, 1.165) is 16.9 Å². The van der Waals surface area contributed by atoms with E-state index in [0.29, 0.717) is 22.0 Å². The molecule has 2 aromatic rings. The molecular weight excluding hydrogens is 292 g/mol. The van der Waals surface area contributed by atoms with Crippen LogP contribution in [0.1, 0.15) is 28.1 Å². The highest BCUT2D eigenvalue weighted by Gasteiger charge is 2.19. The molecule has 0 atom stereocenters. The standard InChI is InChI=1S/C14H14N2O2S2/c1-3-12-13(8-15)19-14(16-12)9-20(17,18)11-6-4-10(2)5-7-11/h4-7H,3,9H2,1-2H3. The zero-order valence-corrected chi connectivity index (χ0v) is 12.9. The number of hydrogen-bond donors (Lipinski definition) is 0. The van der Waals surface area contributed by atoms with Crippen molar-refractivity contribution in [3.63, 3.8) is 0 Å². The van der Waals surface area contributed by atoms with Crippen LogP contribution in [-0.2, 0) is 22.0 Å². The minimum absolute atomic E-state index is 0.157. The second-order valence-corrected chi connectivity index (χ2v) is 7.49. The molecule has 0 aliphatic carbocycles. The van der Waals surface area contributed by atoms with Gasteiger partial charge in [-0.15, -0.1) is 11.3 Å². The first-order valence-electron chi connectivity index (χ1n) is 6.14. The molecule has 104 valence electrons. The van der Waals surface area contributed by atoms with Gasteiger partial charge in [-0.25, -0.2) is 13.4 Å². The van der Waals surface area contributed by atoms with Crippen LogP contribution in [0.5, 0.6) is 0 Å². The van der Waals surface area contributed by atoms with E-state index in [1.807, 2.05) is 13.8 Å². The van der Waals surface area contributed by atoms with Gasteiger partial charge >= 0.3 is 0 Å². The lowest BCUT2D eigenvalue weighted by Gasteiger charge is -2.02. The molecule has 6 heteroatoms. The number of nitrogens with zero attached hydrogens (tertiary/aromatic N) is 2. The van der Waals surface area contributed by atoms with Gasteiger partial charge in [0.25, 0.3) is 0 Å². The van der Waals surface area contributed by atoms with Crippen molar-refractivity contribution in [3.05, 3.63) is 45.4 Å². The third-order valence-corrected chi connectivity index (χ3v) is 5.70. The molecule has 0 unspecified atom stereocenters. The van der Waals surface area contributed by atoms with Gasteiger partial charge in [0.2, 0.25) is 0 Å². The lowest BCUT2D eigenvalue weighted by atomic mass is 10.2. The maximum atomic E-state index is 12.3. The second-order valence-electron chi connectivity index (χ2n) is 4.42. The quantitative estimate of drug-likeness (QED) is 0.871. The minimum atomic E-state index is -3.41. The molecule has 20 heavy (non-hydrogen) atoms. The molecule has 0 saturated carbocycles. The summed E-state index contributed by atoms with van der Waals surface area (Å²) < 4.78 is 24.6. The number of benzene rings is 1. The van der Waals surface area contributed by atoms with Crippen LogP contribution in [-0.4, -0.2) is 13.4 Å². The maximum absolute atomic E-state index is 12.3. The van der Waals surface area contributed by atoms with Crippen molar-refractivity contribution in [1.29, 1.82) is 5.26 Å². The Hall–Kier alpha value is -1.71. The lowest BCUT2D eigenvalue weighted by Crippen LogP contribution is -2.04. The van der Waals surface area contributed by atoms with Crippen molar-refractivity contribution in [2.24, 2.45) is 0 Å². The molecule has 0 radical (unpaired) electrons. The Morgan fingerprint density at radius 2 is 1.95 bits per heavy atom. The predicted octanol–water partition coefficient (Wildman–Crippen LogP) is 2.86. The second kappa shape index (κ2) is 5.73. The van der Waals surface area contributed by atoms with E-state index in [1.165, 1.54) is 0 Å². The summed E-state index contributed by atoms with van der Waals surface area (Å²) in [6.45, 7) is 3.80. The summed E-state index contributed by atoms with van der Waals surface area (Å²) in [5.74, 6) is -0.157. The SMILES string of the molecule is CCc1nc(CS(=O)(=O)c2ccc(C)cc2)sc1C#N. The summed E-state index contributed by atoms with van der Waals surface area (Å²) >= 11 is 1.16. The van der Waals surface area contributed by atoms with E-state index in [9.17, 15) is 8.42 Å². The summed E-state index contributed by atoms with van der Waals surface area (Å²) in [7, 11) is -3.41. The smallest absolute Gasteiger partial charge is 0.184 e. The van der Waals surface area contributed by atoms with Gasteiger partial charge in [-0.3, -0.25) is 0 Å². The molecule has 1 aromatic heterocycles. The summed E-state index contributed by atoms with van der Waals surface area (Å²) in [5.41, 5.74) is 1.69. The molecule has 0 saturated heterocycles. The Kier molecular flexibility index (Phi) is 4.21. The van der Waals surface area contributed by atoms with Crippen LogP contribution in [0.25, 0.3) is 0 Å². The highest BCUT2D eigenvalue weighted by Crippen LogP contribution is 2.23. The zero-order valence-electron chi connectivity index (χ0n) is 11.3. The van der Waals surface area contributed by atoms with E-state index in [-0.39, 0.29) is 10.6 Å². The van der Waals surface area contributed by atoms with Gasteiger partial charge in [-0.2, -0.15) is 5.26 Å². The van der Waals surface area contributed by atoms with Crippen molar-refractivity contribution >= 4 is 21.2 Å². The average Bonchev–Trinajstić information content (AvgIpc) is 2.80. The Morgan fingerprint density at radius 1 is 1.30 bits per heavy atom. The molecule has 2 rings (SSSR count). The van der Waals surface area contributed by atoms with Crippen LogP contribution < -0.4 is 0 Å². The molecule has 0 bridgehead atoms. The van der Waals surface area contributed by atoms with Crippen LogP contribution in [0.3, 0.4) is 0 Å². The summed E-state index contributed by atoms with van der Waals surface area (Å²) in [5, 5.41) is 9.45. The van der Waals surface area contributed by atoms with Crippen LogP contribution in [0.15, 0.2) is 29.2 Å². The van der Waals surface area contributed by atoms with Crippen LogP contribution in [0.4, 0.5) is 0 Å². The zero-order chi connectivity index (χ0) is 14.8. The molecule has 0 spiro atoms. The number of rotatable bonds is 4. The average molecular weight is 306 g/mol. The van der Waals surface area contributed by atoms with Gasteiger partial charge in [0, 0.05) is 0 Å². The molecule has 0 amide bonds. The largest absolute Gasteiger partial charge is 0.244 e. The summed E-state index contributed by atoms with van der Waals surface area (Å²) in [6, 6.07) is 8.81. The van der Waals surface area contributed by atoms with Crippen molar-refractivity contribution in [2.45, 2.75) is 30.9 Å². The van der Waals surface area contributed by atoms with E-state index in [4.69, 9.17) is 5.26 Å². The van der Waals surface area contributed by atoms with Crippen molar-refractivity contribution in [1.82, 2.24) is 4.98 Å². The molecule has 0 N–H and O–H groups in total. The number of nitriles is 1. The molecule has 1 heterocycles. The van der Waals surface area contributed by atoms with Gasteiger partial charge in [0.1, 0.15) is 21.7 Å². The first-order chi connectivity index (χ1) is 9.46. The molecular formula is C14H14N2O2S2. The Bertz CT molecular complexity index is 753. The van der Waals surface area contributed by atoms with Gasteiger partial charge in [-0.05, 0) is 25.5 Å². The van der Waals surface area contributed by atoms with Crippen LogP contribution in [0, 0.1) is 18.3 Å². The Balaban J connectivity index is 2.31. The highest BCUT2D eigenvalue weighted by molar-refractivity contribution is 7.90. The molecule has 1 aromatic carbocycles. The van der Waals surface area contributed by atoms with Crippen molar-refractivity contribution in [2.75, 3.05) is 0 Å².